The van der Waals surface area contributed by atoms with Crippen molar-refractivity contribution in [3.05, 3.63) is 66.8 Å². The van der Waals surface area contributed by atoms with E-state index in [4.69, 9.17) is 0 Å². The van der Waals surface area contributed by atoms with Gasteiger partial charge in [0.15, 0.2) is 0 Å². The van der Waals surface area contributed by atoms with E-state index in [0.717, 1.165) is 12.0 Å². The van der Waals surface area contributed by atoms with E-state index in [0.29, 0.717) is 0 Å². The molecule has 0 spiro atoms. The molecule has 0 N–H and O–H groups in total. The second kappa shape index (κ2) is 5.23. The van der Waals surface area contributed by atoms with Crippen LogP contribution >= 0.6 is 0 Å². The van der Waals surface area contributed by atoms with Crippen molar-refractivity contribution in [2.24, 2.45) is 0 Å². The molecule has 0 aliphatic carbocycles. The van der Waals surface area contributed by atoms with Crippen molar-refractivity contribution in [1.82, 2.24) is 0 Å². The third-order valence-corrected chi connectivity index (χ3v) is 2.18. The molecule has 0 fully saturated rings. The Labute approximate surface area is 86.3 Å². The lowest BCUT2D eigenvalue weighted by molar-refractivity contribution is 1.13. The fraction of sp³-hybridized carbons (Fsp3) is 0.143. The first-order valence-electron chi connectivity index (χ1n) is 4.86. The minimum Gasteiger partial charge on any atom is -0.0991 e. The molecule has 0 bridgehead atoms. The average molecular weight is 184 g/mol. The van der Waals surface area contributed by atoms with Crippen molar-refractivity contribution in [2.45, 2.75) is 13.3 Å². The van der Waals surface area contributed by atoms with Gasteiger partial charge in [0.05, 0.1) is 0 Å². The number of benzene rings is 1. The van der Waals surface area contributed by atoms with Gasteiger partial charge in [0.1, 0.15) is 0 Å². The van der Waals surface area contributed by atoms with Crippen LogP contribution in [-0.2, 0) is 6.42 Å². The van der Waals surface area contributed by atoms with Gasteiger partial charge >= 0.3 is 0 Å². The molecule has 0 atom stereocenters. The maximum Gasteiger partial charge on any atom is -0.0158 e. The molecule has 0 nitrogen and oxygen atoms in total. The molecule has 0 aromatic heterocycles. The SMILES string of the molecule is C=C/C=C\C(=C)c1ccccc1CC. The molecule has 0 saturated heterocycles. The van der Waals surface area contributed by atoms with Crippen LogP contribution in [0.4, 0.5) is 0 Å². The Morgan fingerprint density at radius 1 is 1.36 bits per heavy atom. The Balaban J connectivity index is 2.99. The zero-order valence-corrected chi connectivity index (χ0v) is 8.66. The molecule has 0 unspecified atom stereocenters. The van der Waals surface area contributed by atoms with Gasteiger partial charge in [0.2, 0.25) is 0 Å². The predicted molar refractivity (Wildman–Crippen MR) is 64.2 cm³/mol. The largest absolute Gasteiger partial charge is 0.0991 e. The zero-order chi connectivity index (χ0) is 10.4. The molecule has 0 aliphatic rings. The lowest BCUT2D eigenvalue weighted by Crippen LogP contribution is -1.88. The fourth-order valence-corrected chi connectivity index (χ4v) is 1.42. The number of allylic oxidation sites excluding steroid dienone is 4. The lowest BCUT2D eigenvalue weighted by atomic mass is 9.99. The van der Waals surface area contributed by atoms with Crippen LogP contribution in [0.15, 0.2) is 55.7 Å². The highest BCUT2D eigenvalue weighted by Gasteiger charge is 1.99. The van der Waals surface area contributed by atoms with E-state index >= 15 is 0 Å². The molecule has 72 valence electrons. The van der Waals surface area contributed by atoms with Gasteiger partial charge in [0, 0.05) is 0 Å². The summed E-state index contributed by atoms with van der Waals surface area (Å²) in [6.07, 6.45) is 6.70. The first-order valence-corrected chi connectivity index (χ1v) is 4.86. The van der Waals surface area contributed by atoms with Crippen LogP contribution in [-0.4, -0.2) is 0 Å². The number of hydrogen-bond donors (Lipinski definition) is 0. The van der Waals surface area contributed by atoms with E-state index in [-0.39, 0.29) is 0 Å². The number of hydrogen-bond acceptors (Lipinski definition) is 0. The van der Waals surface area contributed by atoms with Gasteiger partial charge in [-0.05, 0) is 23.1 Å². The van der Waals surface area contributed by atoms with Gasteiger partial charge in [-0.25, -0.2) is 0 Å². The van der Waals surface area contributed by atoms with Gasteiger partial charge in [0.25, 0.3) is 0 Å². The predicted octanol–water partition coefficient (Wildman–Crippen LogP) is 4.00. The smallest absolute Gasteiger partial charge is 0.0158 e. The van der Waals surface area contributed by atoms with Crippen molar-refractivity contribution in [1.29, 1.82) is 0 Å². The fourth-order valence-electron chi connectivity index (χ4n) is 1.42. The van der Waals surface area contributed by atoms with Crippen molar-refractivity contribution in [2.75, 3.05) is 0 Å². The molecule has 0 aliphatic heterocycles. The second-order valence-corrected chi connectivity index (χ2v) is 3.13. The number of aryl methyl sites for hydroxylation is 1. The summed E-state index contributed by atoms with van der Waals surface area (Å²) >= 11 is 0. The van der Waals surface area contributed by atoms with Gasteiger partial charge in [-0.1, -0.05) is 62.6 Å². The standard InChI is InChI=1S/C14H16/c1-4-6-9-12(3)14-11-8-7-10-13(14)5-2/h4,6-11H,1,3,5H2,2H3/b9-6-. The highest BCUT2D eigenvalue weighted by molar-refractivity contribution is 5.74. The van der Waals surface area contributed by atoms with E-state index in [1.54, 1.807) is 6.08 Å². The first-order chi connectivity index (χ1) is 6.79. The van der Waals surface area contributed by atoms with Gasteiger partial charge in [-0.15, -0.1) is 0 Å². The summed E-state index contributed by atoms with van der Waals surface area (Å²) < 4.78 is 0. The van der Waals surface area contributed by atoms with Crippen LogP contribution in [0.5, 0.6) is 0 Å². The van der Waals surface area contributed by atoms with Crippen LogP contribution in [0.2, 0.25) is 0 Å². The normalized spacial score (nSPS) is 10.4. The molecule has 0 radical (unpaired) electrons. The van der Waals surface area contributed by atoms with E-state index in [2.05, 4.69) is 38.3 Å². The number of rotatable bonds is 4. The highest BCUT2D eigenvalue weighted by Crippen LogP contribution is 2.19. The van der Waals surface area contributed by atoms with Crippen molar-refractivity contribution in [3.8, 4) is 0 Å². The Morgan fingerprint density at radius 2 is 2.07 bits per heavy atom. The Hall–Kier alpha value is -1.56. The molecule has 14 heavy (non-hydrogen) atoms. The monoisotopic (exact) mass is 184 g/mol. The lowest BCUT2D eigenvalue weighted by Gasteiger charge is -2.06. The van der Waals surface area contributed by atoms with E-state index < -0.39 is 0 Å². The van der Waals surface area contributed by atoms with Crippen LogP contribution in [0.3, 0.4) is 0 Å². The van der Waals surface area contributed by atoms with Crippen LogP contribution < -0.4 is 0 Å². The maximum atomic E-state index is 4.04. The molecule has 0 heterocycles. The molecule has 0 amide bonds. The zero-order valence-electron chi connectivity index (χ0n) is 8.66. The summed E-state index contributed by atoms with van der Waals surface area (Å²) in [4.78, 5) is 0. The molecular formula is C14H16. The Morgan fingerprint density at radius 3 is 2.71 bits per heavy atom. The summed E-state index contributed by atoms with van der Waals surface area (Å²) in [5.41, 5.74) is 3.61. The third-order valence-electron chi connectivity index (χ3n) is 2.18. The molecule has 1 rings (SSSR count). The Kier molecular flexibility index (Phi) is 3.93. The highest BCUT2D eigenvalue weighted by atomic mass is 14.0. The summed E-state index contributed by atoms with van der Waals surface area (Å²) in [7, 11) is 0. The summed E-state index contributed by atoms with van der Waals surface area (Å²) in [5.74, 6) is 0. The van der Waals surface area contributed by atoms with Crippen molar-refractivity contribution >= 4 is 5.57 Å². The second-order valence-electron chi connectivity index (χ2n) is 3.13. The Bertz CT molecular complexity index is 356. The van der Waals surface area contributed by atoms with Gasteiger partial charge in [-0.3, -0.25) is 0 Å². The van der Waals surface area contributed by atoms with Crippen molar-refractivity contribution in [3.63, 3.8) is 0 Å². The quantitative estimate of drug-likeness (QED) is 0.620. The molecule has 1 aromatic rings. The van der Waals surface area contributed by atoms with E-state index in [1.807, 2.05) is 18.2 Å². The summed E-state index contributed by atoms with van der Waals surface area (Å²) in [6, 6.07) is 8.35. The minimum absolute atomic E-state index is 1.04. The van der Waals surface area contributed by atoms with Crippen LogP contribution in [0.1, 0.15) is 18.1 Å². The maximum absolute atomic E-state index is 4.04. The van der Waals surface area contributed by atoms with Crippen molar-refractivity contribution < 1.29 is 0 Å². The molecular weight excluding hydrogens is 168 g/mol. The molecule has 1 aromatic carbocycles. The van der Waals surface area contributed by atoms with Gasteiger partial charge in [-0.2, -0.15) is 0 Å². The molecule has 0 saturated carbocycles. The van der Waals surface area contributed by atoms with E-state index in [9.17, 15) is 0 Å². The summed E-state index contributed by atoms with van der Waals surface area (Å²) in [6.45, 7) is 9.83. The topological polar surface area (TPSA) is 0 Å². The van der Waals surface area contributed by atoms with Crippen LogP contribution in [0, 0.1) is 0 Å². The van der Waals surface area contributed by atoms with Gasteiger partial charge < -0.3 is 0 Å². The van der Waals surface area contributed by atoms with Crippen LogP contribution in [0.25, 0.3) is 5.57 Å². The average Bonchev–Trinajstić information content (AvgIpc) is 2.25. The first kappa shape index (κ1) is 10.5. The summed E-state index contributed by atoms with van der Waals surface area (Å²) in [5, 5.41) is 0. The molecule has 0 heteroatoms. The minimum atomic E-state index is 1.04. The van der Waals surface area contributed by atoms with E-state index in [1.165, 1.54) is 11.1 Å². The third kappa shape index (κ3) is 2.46.